The van der Waals surface area contributed by atoms with E-state index in [1.54, 1.807) is 0 Å². The van der Waals surface area contributed by atoms with Crippen molar-refractivity contribution in [1.82, 2.24) is 9.88 Å². The highest BCUT2D eigenvalue weighted by Crippen LogP contribution is 2.24. The number of likely N-dealkylation sites (tertiary alicyclic amines) is 1. The summed E-state index contributed by atoms with van der Waals surface area (Å²) in [6, 6.07) is 7.81. The number of nitrogens with zero attached hydrogens (tertiary/aromatic N) is 2. The van der Waals surface area contributed by atoms with Gasteiger partial charge in [0, 0.05) is 12.1 Å². The maximum absolute atomic E-state index is 12.3. The van der Waals surface area contributed by atoms with Crippen LogP contribution in [0.5, 0.6) is 0 Å². The van der Waals surface area contributed by atoms with Gasteiger partial charge in [-0.25, -0.2) is 4.98 Å². The Morgan fingerprint density at radius 1 is 1.28 bits per heavy atom. The summed E-state index contributed by atoms with van der Waals surface area (Å²) < 4.78 is 10.7. The molecule has 0 aliphatic carbocycles. The topological polar surface area (TPSA) is 72.6 Å². The Kier molecular flexibility index (Phi) is 5.63. The summed E-state index contributed by atoms with van der Waals surface area (Å²) in [5, 5.41) is 0.419. The third kappa shape index (κ3) is 4.34. The zero-order valence-corrected chi connectivity index (χ0v) is 15.3. The average molecular weight is 362 g/mol. The van der Waals surface area contributed by atoms with Crippen LogP contribution in [-0.2, 0) is 14.3 Å². The maximum Gasteiger partial charge on any atom is 0.316 e. The van der Waals surface area contributed by atoms with Gasteiger partial charge in [-0.05, 0) is 45.2 Å². The Hall–Kier alpha value is -2.02. The molecule has 0 spiro atoms. The molecule has 1 amide bonds. The standard InChI is InChI=1S/C18H22N2O4S/c1-12-6-5-7-13(2)20(12)16(21)10-23-17(22)11-25-18-19-14-8-3-4-9-15(14)24-18/h3-4,8-9,12-13H,5-7,10-11H2,1-2H3/t12-,13-/m1/s1. The van der Waals surface area contributed by atoms with Gasteiger partial charge in [-0.3, -0.25) is 9.59 Å². The first-order valence-corrected chi connectivity index (χ1v) is 9.48. The third-order valence-corrected chi connectivity index (χ3v) is 5.23. The monoisotopic (exact) mass is 362 g/mol. The number of hydrogen-bond acceptors (Lipinski definition) is 6. The summed E-state index contributed by atoms with van der Waals surface area (Å²) in [6.45, 7) is 3.87. The second kappa shape index (κ2) is 7.91. The zero-order valence-electron chi connectivity index (χ0n) is 14.4. The normalized spacial score (nSPS) is 20.6. The van der Waals surface area contributed by atoms with Gasteiger partial charge in [-0.2, -0.15) is 0 Å². The minimum Gasteiger partial charge on any atom is -0.455 e. The maximum atomic E-state index is 12.3. The van der Waals surface area contributed by atoms with E-state index in [1.165, 1.54) is 11.8 Å². The van der Waals surface area contributed by atoms with Gasteiger partial charge in [-0.15, -0.1) is 0 Å². The Labute approximate surface area is 150 Å². The number of para-hydroxylation sites is 2. The number of esters is 1. The highest BCUT2D eigenvalue weighted by Gasteiger charge is 2.29. The molecule has 2 aromatic rings. The van der Waals surface area contributed by atoms with E-state index in [-0.39, 0.29) is 30.4 Å². The van der Waals surface area contributed by atoms with Crippen LogP contribution in [0.2, 0.25) is 0 Å². The molecule has 1 aliphatic heterocycles. The van der Waals surface area contributed by atoms with Crippen LogP contribution < -0.4 is 0 Å². The van der Waals surface area contributed by atoms with Gasteiger partial charge in [-0.1, -0.05) is 23.9 Å². The predicted molar refractivity (Wildman–Crippen MR) is 95.3 cm³/mol. The molecule has 0 unspecified atom stereocenters. The highest BCUT2D eigenvalue weighted by molar-refractivity contribution is 7.99. The number of hydrogen-bond donors (Lipinski definition) is 0. The van der Waals surface area contributed by atoms with E-state index in [2.05, 4.69) is 4.98 Å². The number of carbonyl (C=O) groups excluding carboxylic acids is 2. The molecular formula is C18H22N2O4S. The number of oxazole rings is 1. The van der Waals surface area contributed by atoms with E-state index < -0.39 is 5.97 Å². The van der Waals surface area contributed by atoms with Gasteiger partial charge in [0.05, 0.1) is 0 Å². The number of thioether (sulfide) groups is 1. The molecule has 25 heavy (non-hydrogen) atoms. The van der Waals surface area contributed by atoms with Crippen molar-refractivity contribution in [3.05, 3.63) is 24.3 Å². The molecule has 1 saturated heterocycles. The molecule has 7 heteroatoms. The summed E-state index contributed by atoms with van der Waals surface area (Å²) in [4.78, 5) is 30.3. The number of ether oxygens (including phenoxy) is 1. The van der Waals surface area contributed by atoms with E-state index in [0.29, 0.717) is 10.8 Å². The second-order valence-corrected chi connectivity index (χ2v) is 7.25. The molecule has 0 saturated carbocycles. The molecule has 1 aromatic carbocycles. The first-order chi connectivity index (χ1) is 12.0. The van der Waals surface area contributed by atoms with Crippen molar-refractivity contribution in [2.75, 3.05) is 12.4 Å². The zero-order chi connectivity index (χ0) is 17.8. The summed E-state index contributed by atoms with van der Waals surface area (Å²) >= 11 is 1.17. The number of benzene rings is 1. The molecule has 1 aromatic heterocycles. The van der Waals surface area contributed by atoms with E-state index >= 15 is 0 Å². The summed E-state index contributed by atoms with van der Waals surface area (Å²) in [6.07, 6.45) is 3.13. The number of piperidine rings is 1. The Morgan fingerprint density at radius 2 is 2.00 bits per heavy atom. The van der Waals surface area contributed by atoms with E-state index in [1.807, 2.05) is 43.0 Å². The lowest BCUT2D eigenvalue weighted by molar-refractivity contribution is -0.153. The average Bonchev–Trinajstić information content (AvgIpc) is 3.01. The SMILES string of the molecule is C[C@@H]1CCC[C@@H](C)N1C(=O)COC(=O)CSc1nc2ccccc2o1. The van der Waals surface area contributed by atoms with Crippen molar-refractivity contribution in [2.45, 2.75) is 50.4 Å². The van der Waals surface area contributed by atoms with Crippen LogP contribution in [0.4, 0.5) is 0 Å². The molecule has 134 valence electrons. The lowest BCUT2D eigenvalue weighted by Gasteiger charge is -2.38. The van der Waals surface area contributed by atoms with Crippen molar-refractivity contribution in [3.8, 4) is 0 Å². The van der Waals surface area contributed by atoms with Crippen LogP contribution in [0.3, 0.4) is 0 Å². The van der Waals surface area contributed by atoms with E-state index in [9.17, 15) is 9.59 Å². The molecule has 1 fully saturated rings. The molecule has 6 nitrogen and oxygen atoms in total. The fourth-order valence-corrected chi connectivity index (χ4v) is 3.84. The number of rotatable bonds is 5. The Bertz CT molecular complexity index is 717. The first kappa shape index (κ1) is 17.8. The summed E-state index contributed by atoms with van der Waals surface area (Å²) in [7, 11) is 0. The largest absolute Gasteiger partial charge is 0.455 e. The van der Waals surface area contributed by atoms with Gasteiger partial charge < -0.3 is 14.1 Å². The fraction of sp³-hybridized carbons (Fsp3) is 0.500. The molecular weight excluding hydrogens is 340 g/mol. The molecule has 0 bridgehead atoms. The highest BCUT2D eigenvalue weighted by atomic mass is 32.2. The number of fused-ring (bicyclic) bond motifs is 1. The lowest BCUT2D eigenvalue weighted by Crippen LogP contribution is -2.49. The van der Waals surface area contributed by atoms with Crippen LogP contribution in [0, 0.1) is 0 Å². The second-order valence-electron chi connectivity index (χ2n) is 6.33. The van der Waals surface area contributed by atoms with Crippen LogP contribution in [0.1, 0.15) is 33.1 Å². The summed E-state index contributed by atoms with van der Waals surface area (Å²) in [5.74, 6) is -0.511. The van der Waals surface area contributed by atoms with Crippen molar-refractivity contribution >= 4 is 34.7 Å². The molecule has 2 atom stereocenters. The van der Waals surface area contributed by atoms with Crippen LogP contribution >= 0.6 is 11.8 Å². The van der Waals surface area contributed by atoms with Crippen LogP contribution in [0.15, 0.2) is 33.9 Å². The Morgan fingerprint density at radius 3 is 2.72 bits per heavy atom. The molecule has 0 N–H and O–H groups in total. The van der Waals surface area contributed by atoms with Gasteiger partial charge in [0.15, 0.2) is 12.2 Å². The van der Waals surface area contributed by atoms with Crippen LogP contribution in [-0.4, -0.2) is 46.2 Å². The van der Waals surface area contributed by atoms with Crippen molar-refractivity contribution < 1.29 is 18.7 Å². The van der Waals surface area contributed by atoms with E-state index in [4.69, 9.17) is 9.15 Å². The predicted octanol–water partition coefficient (Wildman–Crippen LogP) is 3.25. The Balaban J connectivity index is 1.46. The molecule has 0 radical (unpaired) electrons. The van der Waals surface area contributed by atoms with Crippen molar-refractivity contribution in [3.63, 3.8) is 0 Å². The van der Waals surface area contributed by atoms with Gasteiger partial charge in [0.25, 0.3) is 11.1 Å². The molecule has 2 heterocycles. The minimum absolute atomic E-state index is 0.0607. The van der Waals surface area contributed by atoms with Crippen molar-refractivity contribution in [1.29, 1.82) is 0 Å². The third-order valence-electron chi connectivity index (χ3n) is 4.43. The number of amides is 1. The number of aromatic nitrogens is 1. The molecule has 3 rings (SSSR count). The first-order valence-electron chi connectivity index (χ1n) is 8.49. The molecule has 1 aliphatic rings. The van der Waals surface area contributed by atoms with Gasteiger partial charge >= 0.3 is 5.97 Å². The quantitative estimate of drug-likeness (QED) is 0.600. The van der Waals surface area contributed by atoms with Crippen molar-refractivity contribution in [2.24, 2.45) is 0 Å². The minimum atomic E-state index is -0.446. The summed E-state index contributed by atoms with van der Waals surface area (Å²) in [5.41, 5.74) is 1.43. The van der Waals surface area contributed by atoms with E-state index in [0.717, 1.165) is 24.8 Å². The number of carbonyl (C=O) groups is 2. The van der Waals surface area contributed by atoms with Gasteiger partial charge in [0.1, 0.15) is 11.3 Å². The van der Waals surface area contributed by atoms with Crippen LogP contribution in [0.25, 0.3) is 11.1 Å². The van der Waals surface area contributed by atoms with Gasteiger partial charge in [0.2, 0.25) is 0 Å². The smallest absolute Gasteiger partial charge is 0.316 e. The lowest BCUT2D eigenvalue weighted by atomic mass is 9.97. The fourth-order valence-electron chi connectivity index (χ4n) is 3.20.